The van der Waals surface area contributed by atoms with Crippen LogP contribution in [-0.2, 0) is 42.2 Å². The fraction of sp³-hybridized carbons (Fsp3) is 0.115. The monoisotopic (exact) mass is 786 g/mol. The van der Waals surface area contributed by atoms with Gasteiger partial charge in [-0.2, -0.15) is 0 Å². The fourth-order valence-electron chi connectivity index (χ4n) is 7.75. The Morgan fingerprint density at radius 3 is 0.930 bits per heavy atom. The Morgan fingerprint density at radius 1 is 0.351 bits per heavy atom. The number of hydrogen-bond donors (Lipinski definition) is 2. The SMILES string of the molecule is O/C(=C\C(Cc1cccc2ccccc12)=NCCN=C(/C=C(\O)Cc1cccc2ccccc12)Cc1cccc2ccccc12)Cc1cccc2ccccc12.[Ni+2]. The Balaban J connectivity index is 0.00000496. The number of fused-ring (bicyclic) bond motifs is 4. The van der Waals surface area contributed by atoms with E-state index in [-0.39, 0.29) is 28.0 Å². The molecule has 0 aliphatic carbocycles. The van der Waals surface area contributed by atoms with E-state index in [1.54, 1.807) is 0 Å². The molecule has 0 saturated carbocycles. The molecule has 0 aliphatic rings. The van der Waals surface area contributed by atoms with E-state index >= 15 is 0 Å². The zero-order chi connectivity index (χ0) is 38.1. The van der Waals surface area contributed by atoms with Crippen LogP contribution in [0.5, 0.6) is 0 Å². The Kier molecular flexibility index (Phi) is 12.7. The van der Waals surface area contributed by atoms with E-state index in [4.69, 9.17) is 9.98 Å². The van der Waals surface area contributed by atoms with Crippen LogP contribution in [0.3, 0.4) is 0 Å². The molecule has 8 aromatic rings. The van der Waals surface area contributed by atoms with Crippen LogP contribution >= 0.6 is 0 Å². The summed E-state index contributed by atoms with van der Waals surface area (Å²) in [7, 11) is 0. The summed E-state index contributed by atoms with van der Waals surface area (Å²) < 4.78 is 0. The second kappa shape index (κ2) is 18.6. The molecular formula is C52H44N2NiO2+2. The first kappa shape index (κ1) is 39.0. The molecule has 0 atom stereocenters. The van der Waals surface area contributed by atoms with Crippen molar-refractivity contribution in [2.24, 2.45) is 9.98 Å². The normalized spacial score (nSPS) is 12.7. The van der Waals surface area contributed by atoms with E-state index in [1.165, 1.54) is 21.5 Å². The maximum atomic E-state index is 11.4. The summed E-state index contributed by atoms with van der Waals surface area (Å²) in [5.41, 5.74) is 6.02. The number of hydrogen-bond acceptors (Lipinski definition) is 4. The van der Waals surface area contributed by atoms with E-state index in [1.807, 2.05) is 48.6 Å². The second-order valence-electron chi connectivity index (χ2n) is 14.3. The molecule has 0 fully saturated rings. The van der Waals surface area contributed by atoms with Crippen LogP contribution in [0, 0.1) is 0 Å². The molecule has 0 amide bonds. The number of aliphatic hydroxyl groups excluding tert-OH is 2. The van der Waals surface area contributed by atoms with E-state index < -0.39 is 0 Å². The predicted molar refractivity (Wildman–Crippen MR) is 237 cm³/mol. The molecule has 2 N–H and O–H groups in total. The van der Waals surface area contributed by atoms with Crippen LogP contribution in [0.4, 0.5) is 0 Å². The molecule has 0 heterocycles. The minimum absolute atomic E-state index is 0. The van der Waals surface area contributed by atoms with Crippen LogP contribution in [-0.4, -0.2) is 34.7 Å². The summed E-state index contributed by atoms with van der Waals surface area (Å²) in [5, 5.41) is 32.1. The standard InChI is InChI=1S/C52H44N2O2.Ni/c55-47(33-43-23-11-19-39-15-3-7-27-51(39)43)35-45(31-41-21-9-17-37-13-1-5-25-49(37)41)53-29-30-54-46(32-42-22-10-18-38-14-2-6-26-50(38)42)36-48(56)34-44-24-12-20-40-16-4-8-28-52(40)44;/h1-28,35-36,55-56H,29-34H2;/q;+2/b47-35-,48-36-,53-45?,54-46?;. The summed E-state index contributed by atoms with van der Waals surface area (Å²) >= 11 is 0. The summed E-state index contributed by atoms with van der Waals surface area (Å²) in [6.45, 7) is 0.851. The van der Waals surface area contributed by atoms with Gasteiger partial charge in [-0.25, -0.2) is 0 Å². The molecule has 0 aliphatic heterocycles. The van der Waals surface area contributed by atoms with Gasteiger partial charge in [0.2, 0.25) is 0 Å². The molecule has 0 spiro atoms. The van der Waals surface area contributed by atoms with Crippen molar-refractivity contribution in [2.45, 2.75) is 25.7 Å². The summed E-state index contributed by atoms with van der Waals surface area (Å²) in [4.78, 5) is 10.1. The number of rotatable bonds is 13. The van der Waals surface area contributed by atoms with Gasteiger partial charge < -0.3 is 10.2 Å². The minimum Gasteiger partial charge on any atom is -0.512 e. The molecule has 8 aromatic carbocycles. The molecule has 8 rings (SSSR count). The Labute approximate surface area is 344 Å². The van der Waals surface area contributed by atoms with Gasteiger partial charge in [-0.1, -0.05) is 170 Å². The first-order valence-corrected chi connectivity index (χ1v) is 19.3. The maximum absolute atomic E-state index is 11.4. The van der Waals surface area contributed by atoms with Crippen LogP contribution in [0.2, 0.25) is 0 Å². The van der Waals surface area contributed by atoms with Crippen molar-refractivity contribution >= 4 is 54.5 Å². The van der Waals surface area contributed by atoms with Crippen LogP contribution in [0.15, 0.2) is 204 Å². The number of aliphatic hydroxyl groups is 2. The predicted octanol–water partition coefficient (Wildman–Crippen LogP) is 12.3. The molecule has 0 unspecified atom stereocenters. The molecule has 5 heteroatoms. The van der Waals surface area contributed by atoms with Crippen molar-refractivity contribution in [3.8, 4) is 0 Å². The van der Waals surface area contributed by atoms with Gasteiger partial charge in [0, 0.05) is 37.1 Å². The van der Waals surface area contributed by atoms with Crippen molar-refractivity contribution < 1.29 is 26.7 Å². The summed E-state index contributed by atoms with van der Waals surface area (Å²) in [6.07, 6.45) is 5.62. The molecule has 0 aromatic heterocycles. The van der Waals surface area contributed by atoms with Gasteiger partial charge >= 0.3 is 16.5 Å². The molecule has 0 saturated heterocycles. The van der Waals surface area contributed by atoms with Gasteiger partial charge in [0.15, 0.2) is 0 Å². The largest absolute Gasteiger partial charge is 2.00 e. The molecule has 57 heavy (non-hydrogen) atoms. The third-order valence-electron chi connectivity index (χ3n) is 10.4. The minimum atomic E-state index is 0. The number of aliphatic imine (C=N–C) groups is 2. The van der Waals surface area contributed by atoms with Crippen LogP contribution in [0.1, 0.15) is 22.3 Å². The van der Waals surface area contributed by atoms with Gasteiger partial charge in [0.25, 0.3) is 0 Å². The van der Waals surface area contributed by atoms with Gasteiger partial charge in [0.1, 0.15) is 0 Å². The van der Waals surface area contributed by atoms with Gasteiger partial charge in [-0.15, -0.1) is 0 Å². The molecule has 4 nitrogen and oxygen atoms in total. The average Bonchev–Trinajstić information content (AvgIpc) is 3.23. The van der Waals surface area contributed by atoms with Crippen LogP contribution in [0.25, 0.3) is 43.1 Å². The first-order valence-electron chi connectivity index (χ1n) is 19.3. The Hall–Kier alpha value is -6.29. The van der Waals surface area contributed by atoms with Gasteiger partial charge in [-0.3, -0.25) is 9.98 Å². The summed E-state index contributed by atoms with van der Waals surface area (Å²) in [5.74, 6) is 0.531. The van der Waals surface area contributed by atoms with Crippen molar-refractivity contribution in [1.82, 2.24) is 0 Å². The number of nitrogens with zero attached hydrogens (tertiary/aromatic N) is 2. The maximum Gasteiger partial charge on any atom is 2.00 e. The van der Waals surface area contributed by atoms with E-state index in [0.717, 1.165) is 55.2 Å². The number of benzene rings is 8. The van der Waals surface area contributed by atoms with Crippen molar-refractivity contribution in [2.75, 3.05) is 13.1 Å². The average molecular weight is 788 g/mol. The van der Waals surface area contributed by atoms with Gasteiger partial charge in [0.05, 0.1) is 24.6 Å². The zero-order valence-corrected chi connectivity index (χ0v) is 32.7. The smallest absolute Gasteiger partial charge is 0.512 e. The molecule has 0 bridgehead atoms. The Bertz CT molecular complexity index is 2590. The fourth-order valence-corrected chi connectivity index (χ4v) is 7.75. The van der Waals surface area contributed by atoms with E-state index in [2.05, 4.69) is 133 Å². The topological polar surface area (TPSA) is 65.2 Å². The quantitative estimate of drug-likeness (QED) is 0.0529. The number of allylic oxidation sites excluding steroid dienone is 4. The van der Waals surface area contributed by atoms with Crippen molar-refractivity contribution in [1.29, 1.82) is 0 Å². The molecular weight excluding hydrogens is 743 g/mol. The van der Waals surface area contributed by atoms with Crippen molar-refractivity contribution in [3.05, 3.63) is 216 Å². The first-order chi connectivity index (χ1) is 27.6. The van der Waals surface area contributed by atoms with E-state index in [9.17, 15) is 10.2 Å². The van der Waals surface area contributed by atoms with E-state index in [0.29, 0.717) is 38.8 Å². The van der Waals surface area contributed by atoms with Crippen LogP contribution < -0.4 is 0 Å². The third kappa shape index (κ3) is 9.58. The van der Waals surface area contributed by atoms with Crippen molar-refractivity contribution in [3.63, 3.8) is 0 Å². The van der Waals surface area contributed by atoms with Gasteiger partial charge in [-0.05, 0) is 77.5 Å². The zero-order valence-electron chi connectivity index (χ0n) is 31.7. The third-order valence-corrected chi connectivity index (χ3v) is 10.4. The second-order valence-corrected chi connectivity index (χ2v) is 14.3. The summed E-state index contributed by atoms with van der Waals surface area (Å²) in [6, 6.07) is 58.4. The molecule has 282 valence electrons. The molecule has 0 radical (unpaired) electrons. The Morgan fingerprint density at radius 2 is 0.614 bits per heavy atom.